The molecule has 1 N–H and O–H groups in total. The fourth-order valence-electron chi connectivity index (χ4n) is 2.69. The minimum Gasteiger partial charge on any atom is -0.464 e. The topological polar surface area (TPSA) is 68.5 Å². The first-order valence-corrected chi connectivity index (χ1v) is 8.81. The highest BCUT2D eigenvalue weighted by atomic mass is 16.5. The lowest BCUT2D eigenvalue weighted by atomic mass is 10.1. The summed E-state index contributed by atoms with van der Waals surface area (Å²) in [6.07, 6.45) is 2.38. The summed E-state index contributed by atoms with van der Waals surface area (Å²) < 4.78 is 10.5. The van der Waals surface area contributed by atoms with Crippen LogP contribution in [0.2, 0.25) is 0 Å². The molecule has 138 valence electrons. The van der Waals surface area contributed by atoms with Gasteiger partial charge in [0.15, 0.2) is 5.76 Å². The molecule has 0 aliphatic rings. The molecular formula is C22H21NO4. The molecule has 0 saturated carbocycles. The number of carbonyl (C=O) groups excluding carboxylic acids is 2. The Labute approximate surface area is 158 Å². The van der Waals surface area contributed by atoms with Crippen molar-refractivity contribution in [1.29, 1.82) is 0 Å². The Bertz CT molecular complexity index is 845. The third-order valence-corrected chi connectivity index (χ3v) is 4.10. The van der Waals surface area contributed by atoms with Gasteiger partial charge in [-0.3, -0.25) is 4.79 Å². The number of esters is 1. The zero-order valence-corrected chi connectivity index (χ0v) is 14.8. The van der Waals surface area contributed by atoms with Crippen LogP contribution in [-0.4, -0.2) is 24.5 Å². The number of benzene rings is 2. The van der Waals surface area contributed by atoms with E-state index in [1.807, 2.05) is 60.7 Å². The van der Waals surface area contributed by atoms with Crippen LogP contribution in [0.5, 0.6) is 0 Å². The van der Waals surface area contributed by atoms with Gasteiger partial charge in [0, 0.05) is 12.8 Å². The van der Waals surface area contributed by atoms with Gasteiger partial charge < -0.3 is 14.5 Å². The van der Waals surface area contributed by atoms with E-state index in [1.165, 1.54) is 6.26 Å². The molecule has 5 nitrogen and oxygen atoms in total. The molecule has 0 fully saturated rings. The maximum absolute atomic E-state index is 12.6. The number of rotatable bonds is 8. The smallest absolute Gasteiger partial charge is 0.329 e. The third-order valence-electron chi connectivity index (χ3n) is 4.10. The maximum atomic E-state index is 12.6. The monoisotopic (exact) mass is 363 g/mol. The molecule has 1 amide bonds. The SMILES string of the molecule is O=C(NC(Cc1ccccc1)C(=O)OCCc1ccccc1)c1ccco1. The fourth-order valence-corrected chi connectivity index (χ4v) is 2.69. The minimum absolute atomic E-state index is 0.158. The van der Waals surface area contributed by atoms with Gasteiger partial charge in [-0.1, -0.05) is 60.7 Å². The van der Waals surface area contributed by atoms with Crippen molar-refractivity contribution in [3.05, 3.63) is 95.9 Å². The summed E-state index contributed by atoms with van der Waals surface area (Å²) >= 11 is 0. The van der Waals surface area contributed by atoms with Crippen molar-refractivity contribution in [2.24, 2.45) is 0 Å². The van der Waals surface area contributed by atoms with Crippen molar-refractivity contribution in [3.8, 4) is 0 Å². The van der Waals surface area contributed by atoms with E-state index >= 15 is 0 Å². The molecule has 0 spiro atoms. The highest BCUT2D eigenvalue weighted by Crippen LogP contribution is 2.08. The second-order valence-corrected chi connectivity index (χ2v) is 6.10. The predicted octanol–water partition coefficient (Wildman–Crippen LogP) is 3.41. The van der Waals surface area contributed by atoms with Crippen LogP contribution in [-0.2, 0) is 22.4 Å². The molecule has 1 aromatic heterocycles. The van der Waals surface area contributed by atoms with Crippen LogP contribution < -0.4 is 5.32 Å². The van der Waals surface area contributed by atoms with Crippen LogP contribution in [0.3, 0.4) is 0 Å². The first-order valence-electron chi connectivity index (χ1n) is 8.81. The number of hydrogen-bond acceptors (Lipinski definition) is 4. The van der Waals surface area contributed by atoms with Gasteiger partial charge in [-0.05, 0) is 23.3 Å². The zero-order chi connectivity index (χ0) is 18.9. The lowest BCUT2D eigenvalue weighted by Crippen LogP contribution is -2.43. The molecule has 0 aliphatic heterocycles. The van der Waals surface area contributed by atoms with E-state index in [4.69, 9.17) is 9.15 Å². The Morgan fingerprint density at radius 2 is 1.56 bits per heavy atom. The van der Waals surface area contributed by atoms with E-state index in [-0.39, 0.29) is 12.4 Å². The Kier molecular flexibility index (Phi) is 6.41. The number of carbonyl (C=O) groups is 2. The van der Waals surface area contributed by atoms with Crippen LogP contribution >= 0.6 is 0 Å². The second kappa shape index (κ2) is 9.38. The van der Waals surface area contributed by atoms with Gasteiger partial charge in [0.05, 0.1) is 12.9 Å². The second-order valence-electron chi connectivity index (χ2n) is 6.10. The van der Waals surface area contributed by atoms with E-state index < -0.39 is 17.9 Å². The third kappa shape index (κ3) is 5.57. The van der Waals surface area contributed by atoms with Crippen LogP contribution in [0.1, 0.15) is 21.7 Å². The molecule has 27 heavy (non-hydrogen) atoms. The molecule has 1 unspecified atom stereocenters. The Balaban J connectivity index is 1.62. The molecule has 0 aliphatic carbocycles. The predicted molar refractivity (Wildman–Crippen MR) is 101 cm³/mol. The lowest BCUT2D eigenvalue weighted by Gasteiger charge is -2.17. The Morgan fingerprint density at radius 3 is 2.19 bits per heavy atom. The minimum atomic E-state index is -0.791. The molecule has 1 atom stereocenters. The first-order chi connectivity index (χ1) is 13.2. The average Bonchev–Trinajstić information content (AvgIpc) is 3.24. The van der Waals surface area contributed by atoms with Crippen LogP contribution in [0.25, 0.3) is 0 Å². The standard InChI is InChI=1S/C22H21NO4/c24-21(20-12-7-14-26-20)23-19(16-18-10-5-2-6-11-18)22(25)27-15-13-17-8-3-1-4-9-17/h1-12,14,19H,13,15-16H2,(H,23,24). The van der Waals surface area contributed by atoms with E-state index in [0.717, 1.165) is 11.1 Å². The van der Waals surface area contributed by atoms with E-state index in [9.17, 15) is 9.59 Å². The van der Waals surface area contributed by atoms with Gasteiger partial charge in [0.25, 0.3) is 5.91 Å². The summed E-state index contributed by atoms with van der Waals surface area (Å²) in [6.45, 7) is 0.255. The Hall–Kier alpha value is -3.34. The van der Waals surface area contributed by atoms with E-state index in [2.05, 4.69) is 5.32 Å². The van der Waals surface area contributed by atoms with Crippen molar-refractivity contribution >= 4 is 11.9 Å². The van der Waals surface area contributed by atoms with Crippen LogP contribution in [0.15, 0.2) is 83.5 Å². The summed E-state index contributed by atoms with van der Waals surface area (Å²) in [7, 11) is 0. The summed E-state index contributed by atoms with van der Waals surface area (Å²) in [5.74, 6) is -0.749. The van der Waals surface area contributed by atoms with Gasteiger partial charge in [0.1, 0.15) is 6.04 Å². The highest BCUT2D eigenvalue weighted by molar-refractivity contribution is 5.94. The van der Waals surface area contributed by atoms with Crippen LogP contribution in [0.4, 0.5) is 0 Å². The molecule has 0 bridgehead atoms. The number of furan rings is 1. The molecule has 5 heteroatoms. The van der Waals surface area contributed by atoms with Crippen molar-refractivity contribution in [1.82, 2.24) is 5.32 Å². The van der Waals surface area contributed by atoms with Crippen molar-refractivity contribution < 1.29 is 18.7 Å². The average molecular weight is 363 g/mol. The Morgan fingerprint density at radius 1 is 0.889 bits per heavy atom. The summed E-state index contributed by atoms with van der Waals surface area (Å²) in [4.78, 5) is 24.9. The highest BCUT2D eigenvalue weighted by Gasteiger charge is 2.24. The normalized spacial score (nSPS) is 11.6. The number of ether oxygens (including phenoxy) is 1. The summed E-state index contributed by atoms with van der Waals surface area (Å²) in [5.41, 5.74) is 2.02. The number of hydrogen-bond donors (Lipinski definition) is 1. The van der Waals surface area contributed by atoms with Gasteiger partial charge in [-0.15, -0.1) is 0 Å². The van der Waals surface area contributed by atoms with E-state index in [0.29, 0.717) is 12.8 Å². The fraction of sp³-hybridized carbons (Fsp3) is 0.182. The molecule has 3 aromatic rings. The molecule has 0 radical (unpaired) electrons. The maximum Gasteiger partial charge on any atom is 0.329 e. The van der Waals surface area contributed by atoms with Crippen molar-refractivity contribution in [2.45, 2.75) is 18.9 Å². The van der Waals surface area contributed by atoms with Gasteiger partial charge in [0.2, 0.25) is 0 Å². The molecule has 0 saturated heterocycles. The first kappa shape index (κ1) is 18.5. The van der Waals surface area contributed by atoms with Gasteiger partial charge in [-0.2, -0.15) is 0 Å². The molecule has 2 aromatic carbocycles. The summed E-state index contributed by atoms with van der Waals surface area (Å²) in [5, 5.41) is 2.71. The quantitative estimate of drug-likeness (QED) is 0.623. The zero-order valence-electron chi connectivity index (χ0n) is 14.8. The van der Waals surface area contributed by atoms with Crippen molar-refractivity contribution in [2.75, 3.05) is 6.61 Å². The lowest BCUT2D eigenvalue weighted by molar-refractivity contribution is -0.145. The largest absolute Gasteiger partial charge is 0.464 e. The van der Waals surface area contributed by atoms with Gasteiger partial charge >= 0.3 is 5.97 Å². The molecule has 1 heterocycles. The van der Waals surface area contributed by atoms with Crippen molar-refractivity contribution in [3.63, 3.8) is 0 Å². The molecule has 3 rings (SSSR count). The van der Waals surface area contributed by atoms with Gasteiger partial charge in [-0.25, -0.2) is 4.79 Å². The van der Waals surface area contributed by atoms with E-state index in [1.54, 1.807) is 12.1 Å². The van der Waals surface area contributed by atoms with Crippen LogP contribution in [0, 0.1) is 0 Å². The number of amides is 1. The molecular weight excluding hydrogens is 342 g/mol. The number of nitrogens with one attached hydrogen (secondary N) is 1. The summed E-state index contributed by atoms with van der Waals surface area (Å²) in [6, 6.07) is 21.7.